The molecule has 2 aromatic carbocycles. The van der Waals surface area contributed by atoms with Crippen LogP contribution in [0.5, 0.6) is 11.5 Å². The number of hydrogen-bond acceptors (Lipinski definition) is 4. The first-order valence-electron chi connectivity index (χ1n) is 7.11. The van der Waals surface area contributed by atoms with Gasteiger partial charge in [0.2, 0.25) is 0 Å². The first kappa shape index (κ1) is 15.6. The fraction of sp³-hybridized carbons (Fsp3) is 0.222. The summed E-state index contributed by atoms with van der Waals surface area (Å²) in [5.41, 5.74) is 0.965. The molecule has 0 saturated heterocycles. The molecule has 0 N–H and O–H groups in total. The van der Waals surface area contributed by atoms with E-state index < -0.39 is 5.97 Å². The molecule has 22 heavy (non-hydrogen) atoms. The molecule has 112 valence electrons. The van der Waals surface area contributed by atoms with E-state index in [0.717, 1.165) is 12.2 Å². The number of carbonyl (C=O) groups excluding carboxylic acids is 1. The molecule has 0 aliphatic rings. The number of esters is 1. The molecule has 4 heteroatoms. The maximum Gasteiger partial charge on any atom is 0.343 e. The predicted molar refractivity (Wildman–Crippen MR) is 82.9 cm³/mol. The Kier molecular flexibility index (Phi) is 5.16. The van der Waals surface area contributed by atoms with Crippen molar-refractivity contribution in [3.63, 3.8) is 0 Å². The Hall–Kier alpha value is -2.80. The molecule has 1 unspecified atom stereocenters. The Morgan fingerprint density at radius 2 is 1.68 bits per heavy atom. The lowest BCUT2D eigenvalue weighted by molar-refractivity contribution is 0.0734. The van der Waals surface area contributed by atoms with Crippen molar-refractivity contribution in [2.75, 3.05) is 0 Å². The maximum absolute atomic E-state index is 12.0. The maximum atomic E-state index is 12.0. The number of nitriles is 1. The van der Waals surface area contributed by atoms with Crippen LogP contribution in [0.3, 0.4) is 0 Å². The van der Waals surface area contributed by atoms with Crippen molar-refractivity contribution >= 4 is 5.97 Å². The summed E-state index contributed by atoms with van der Waals surface area (Å²) in [6.07, 6.45) is 1.05. The van der Waals surface area contributed by atoms with Gasteiger partial charge < -0.3 is 9.47 Å². The highest BCUT2D eigenvalue weighted by Gasteiger charge is 2.09. The minimum atomic E-state index is -0.445. The summed E-state index contributed by atoms with van der Waals surface area (Å²) in [4.78, 5) is 12.0. The van der Waals surface area contributed by atoms with E-state index in [4.69, 9.17) is 14.7 Å². The van der Waals surface area contributed by atoms with Crippen LogP contribution >= 0.6 is 0 Å². The lowest BCUT2D eigenvalue weighted by Gasteiger charge is -2.12. The summed E-state index contributed by atoms with van der Waals surface area (Å²) in [5.74, 6) is 0.688. The summed E-state index contributed by atoms with van der Waals surface area (Å²) >= 11 is 0. The zero-order valence-corrected chi connectivity index (χ0v) is 12.6. The van der Waals surface area contributed by atoms with Crippen molar-refractivity contribution in [1.29, 1.82) is 5.26 Å². The molecule has 0 aliphatic heterocycles. The molecule has 4 nitrogen and oxygen atoms in total. The molecule has 0 radical (unpaired) electrons. The summed E-state index contributed by atoms with van der Waals surface area (Å²) in [5, 5.41) is 8.72. The van der Waals surface area contributed by atoms with Crippen molar-refractivity contribution in [2.24, 2.45) is 0 Å². The number of ether oxygens (including phenoxy) is 2. The standard InChI is InChI=1S/C18H17NO3/c1-3-13(2)21-16-10-6-15(7-11-16)18(20)22-17-8-4-14(12-19)5-9-17/h4-11,13H,3H2,1-2H3. The van der Waals surface area contributed by atoms with Gasteiger partial charge in [-0.25, -0.2) is 4.79 Å². The highest BCUT2D eigenvalue weighted by Crippen LogP contribution is 2.17. The van der Waals surface area contributed by atoms with Crippen molar-refractivity contribution < 1.29 is 14.3 Å². The highest BCUT2D eigenvalue weighted by molar-refractivity contribution is 5.91. The van der Waals surface area contributed by atoms with Gasteiger partial charge >= 0.3 is 5.97 Å². The van der Waals surface area contributed by atoms with Crippen LogP contribution in [0.25, 0.3) is 0 Å². The van der Waals surface area contributed by atoms with E-state index >= 15 is 0 Å². The molecule has 1 atom stereocenters. The second kappa shape index (κ2) is 7.28. The fourth-order valence-electron chi connectivity index (χ4n) is 1.75. The molecular formula is C18H17NO3. The van der Waals surface area contributed by atoms with E-state index in [-0.39, 0.29) is 6.10 Å². The number of carbonyl (C=O) groups is 1. The Bertz CT molecular complexity index is 669. The summed E-state index contributed by atoms with van der Waals surface area (Å²) in [6, 6.07) is 15.2. The van der Waals surface area contributed by atoms with Gasteiger partial charge in [-0.15, -0.1) is 0 Å². The summed E-state index contributed by atoms with van der Waals surface area (Å²) in [7, 11) is 0. The molecule has 0 fully saturated rings. The molecule has 0 amide bonds. The van der Waals surface area contributed by atoms with E-state index in [2.05, 4.69) is 0 Å². The van der Waals surface area contributed by atoms with E-state index in [1.165, 1.54) is 0 Å². The highest BCUT2D eigenvalue weighted by atomic mass is 16.5. The minimum Gasteiger partial charge on any atom is -0.491 e. The Morgan fingerprint density at radius 1 is 1.09 bits per heavy atom. The number of benzene rings is 2. The van der Waals surface area contributed by atoms with Crippen LogP contribution < -0.4 is 9.47 Å². The van der Waals surface area contributed by atoms with Crippen molar-refractivity contribution in [1.82, 2.24) is 0 Å². The molecular weight excluding hydrogens is 278 g/mol. The first-order valence-corrected chi connectivity index (χ1v) is 7.11. The third-order valence-electron chi connectivity index (χ3n) is 3.20. The third-order valence-corrected chi connectivity index (χ3v) is 3.20. The lowest BCUT2D eigenvalue weighted by atomic mass is 10.2. The molecule has 2 aromatic rings. The average molecular weight is 295 g/mol. The van der Waals surface area contributed by atoms with E-state index in [9.17, 15) is 4.79 Å². The van der Waals surface area contributed by atoms with Crippen LogP contribution in [0.1, 0.15) is 36.2 Å². The quantitative estimate of drug-likeness (QED) is 0.619. The predicted octanol–water partition coefficient (Wildman–Crippen LogP) is 3.95. The lowest BCUT2D eigenvalue weighted by Crippen LogP contribution is -2.11. The normalized spacial score (nSPS) is 11.3. The van der Waals surface area contributed by atoms with Gasteiger partial charge in [0, 0.05) is 0 Å². The second-order valence-electron chi connectivity index (χ2n) is 4.89. The SMILES string of the molecule is CCC(C)Oc1ccc(C(=O)Oc2ccc(C#N)cc2)cc1. The summed E-state index contributed by atoms with van der Waals surface area (Å²) in [6.45, 7) is 4.04. The van der Waals surface area contributed by atoms with Gasteiger partial charge in [-0.3, -0.25) is 0 Å². The Labute approximate surface area is 129 Å². The van der Waals surface area contributed by atoms with Crippen molar-refractivity contribution in [3.05, 3.63) is 59.7 Å². The monoisotopic (exact) mass is 295 g/mol. The van der Waals surface area contributed by atoms with Gasteiger partial charge in [0.25, 0.3) is 0 Å². The van der Waals surface area contributed by atoms with Gasteiger partial charge in [0.15, 0.2) is 0 Å². The zero-order valence-electron chi connectivity index (χ0n) is 12.6. The van der Waals surface area contributed by atoms with E-state index in [1.807, 2.05) is 19.9 Å². The number of rotatable bonds is 5. The van der Waals surface area contributed by atoms with Crippen molar-refractivity contribution in [2.45, 2.75) is 26.4 Å². The molecule has 0 saturated carbocycles. The van der Waals surface area contributed by atoms with Gasteiger partial charge in [0.1, 0.15) is 11.5 Å². The largest absolute Gasteiger partial charge is 0.491 e. The van der Waals surface area contributed by atoms with E-state index in [0.29, 0.717) is 16.9 Å². The van der Waals surface area contributed by atoms with Gasteiger partial charge in [0.05, 0.1) is 23.3 Å². The minimum absolute atomic E-state index is 0.136. The molecule has 0 aliphatic carbocycles. The molecule has 2 rings (SSSR count). The molecule has 0 spiro atoms. The second-order valence-corrected chi connectivity index (χ2v) is 4.89. The molecule has 0 bridgehead atoms. The van der Waals surface area contributed by atoms with Crippen LogP contribution in [0, 0.1) is 11.3 Å². The van der Waals surface area contributed by atoms with Crippen LogP contribution in [-0.2, 0) is 0 Å². The van der Waals surface area contributed by atoms with Crippen LogP contribution in [0.4, 0.5) is 0 Å². The Morgan fingerprint density at radius 3 is 2.23 bits per heavy atom. The first-order chi connectivity index (χ1) is 10.6. The van der Waals surface area contributed by atoms with Crippen LogP contribution in [-0.4, -0.2) is 12.1 Å². The molecule has 0 aromatic heterocycles. The summed E-state index contributed by atoms with van der Waals surface area (Å²) < 4.78 is 10.9. The van der Waals surface area contributed by atoms with Crippen LogP contribution in [0.15, 0.2) is 48.5 Å². The van der Waals surface area contributed by atoms with Gasteiger partial charge in [-0.1, -0.05) is 6.92 Å². The van der Waals surface area contributed by atoms with Crippen molar-refractivity contribution in [3.8, 4) is 17.6 Å². The van der Waals surface area contributed by atoms with Gasteiger partial charge in [-0.2, -0.15) is 5.26 Å². The van der Waals surface area contributed by atoms with Gasteiger partial charge in [-0.05, 0) is 61.9 Å². The van der Waals surface area contributed by atoms with E-state index in [1.54, 1.807) is 48.5 Å². The Balaban J connectivity index is 2.01. The smallest absolute Gasteiger partial charge is 0.343 e. The third kappa shape index (κ3) is 4.10. The number of hydrogen-bond donors (Lipinski definition) is 0. The average Bonchev–Trinajstić information content (AvgIpc) is 2.56. The molecule has 0 heterocycles. The topological polar surface area (TPSA) is 59.3 Å². The number of nitrogens with zero attached hydrogens (tertiary/aromatic N) is 1. The fourth-order valence-corrected chi connectivity index (χ4v) is 1.75. The van der Waals surface area contributed by atoms with Crippen LogP contribution in [0.2, 0.25) is 0 Å². The zero-order chi connectivity index (χ0) is 15.9.